The Balaban J connectivity index is 1.32. The monoisotopic (exact) mass is 389 g/mol. The summed E-state index contributed by atoms with van der Waals surface area (Å²) in [5.74, 6) is -0.620. The van der Waals surface area contributed by atoms with Gasteiger partial charge in [-0.25, -0.2) is 0 Å². The van der Waals surface area contributed by atoms with Crippen LogP contribution in [0, 0.1) is 0 Å². The second-order valence-corrected chi connectivity index (χ2v) is 7.92. The smallest absolute Gasteiger partial charge is 0.261 e. The third-order valence-electron chi connectivity index (χ3n) is 6.29. The Labute approximate surface area is 169 Å². The first kappa shape index (κ1) is 18.1. The van der Waals surface area contributed by atoms with Gasteiger partial charge < -0.3 is 4.90 Å². The molecule has 3 aliphatic rings. The summed E-state index contributed by atoms with van der Waals surface area (Å²) in [6.45, 7) is 1.82. The zero-order valence-electron chi connectivity index (χ0n) is 16.2. The first-order valence-electron chi connectivity index (χ1n) is 10.2. The van der Waals surface area contributed by atoms with E-state index in [2.05, 4.69) is 17.0 Å². The van der Waals surface area contributed by atoms with Gasteiger partial charge in [-0.3, -0.25) is 24.2 Å². The zero-order chi connectivity index (χ0) is 20.0. The van der Waals surface area contributed by atoms with Gasteiger partial charge in [0, 0.05) is 32.1 Å². The molecular formula is C23H23N3O3. The molecule has 0 spiro atoms. The zero-order valence-corrected chi connectivity index (χ0v) is 16.2. The number of hydrogen-bond donors (Lipinski definition) is 0. The third-order valence-corrected chi connectivity index (χ3v) is 6.29. The molecule has 5 rings (SSSR count). The number of carbonyl (C=O) groups excluding carboxylic acids is 3. The summed E-state index contributed by atoms with van der Waals surface area (Å²) in [5, 5.41) is 0. The highest BCUT2D eigenvalue weighted by molar-refractivity contribution is 6.21. The van der Waals surface area contributed by atoms with E-state index < -0.39 is 0 Å². The lowest BCUT2D eigenvalue weighted by molar-refractivity contribution is -0.133. The fraction of sp³-hybridized carbons (Fsp3) is 0.348. The fourth-order valence-electron chi connectivity index (χ4n) is 4.91. The molecule has 0 saturated carbocycles. The Morgan fingerprint density at radius 2 is 1.59 bits per heavy atom. The van der Waals surface area contributed by atoms with Gasteiger partial charge in [0.25, 0.3) is 11.8 Å². The number of imide groups is 1. The number of rotatable bonds is 4. The standard InChI is InChI=1S/C23H23N3O3/c27-20(12-14-25-22(28)18-10-4-5-11-19(18)23(25)29)26-15-17-9-6-13-24(17)21(26)16-7-2-1-3-8-16/h1-5,7-8,10-11,17,21H,6,9,12-15H2. The first-order chi connectivity index (χ1) is 14.1. The Morgan fingerprint density at radius 3 is 2.28 bits per heavy atom. The Kier molecular flexibility index (Phi) is 4.43. The number of benzene rings is 2. The largest absolute Gasteiger partial charge is 0.321 e. The third kappa shape index (κ3) is 2.95. The second-order valence-electron chi connectivity index (χ2n) is 7.92. The van der Waals surface area contributed by atoms with Gasteiger partial charge in [-0.1, -0.05) is 42.5 Å². The highest BCUT2D eigenvalue weighted by atomic mass is 16.2. The number of fused-ring (bicyclic) bond motifs is 2. The van der Waals surface area contributed by atoms with Crippen LogP contribution in [0.4, 0.5) is 0 Å². The molecule has 2 aromatic carbocycles. The Bertz CT molecular complexity index is 939. The van der Waals surface area contributed by atoms with E-state index in [0.717, 1.165) is 24.9 Å². The molecule has 2 atom stereocenters. The van der Waals surface area contributed by atoms with E-state index >= 15 is 0 Å². The molecule has 0 aliphatic carbocycles. The summed E-state index contributed by atoms with van der Waals surface area (Å²) in [7, 11) is 0. The van der Waals surface area contributed by atoms with Crippen molar-refractivity contribution >= 4 is 17.7 Å². The van der Waals surface area contributed by atoms with E-state index in [1.165, 1.54) is 4.90 Å². The van der Waals surface area contributed by atoms with Crippen LogP contribution in [0.25, 0.3) is 0 Å². The molecule has 3 heterocycles. The molecule has 3 amide bonds. The molecule has 6 heteroatoms. The van der Waals surface area contributed by atoms with E-state index in [9.17, 15) is 14.4 Å². The molecule has 2 saturated heterocycles. The SMILES string of the molecule is O=C1c2ccccc2C(=O)N1CCC(=O)N1CC2CCCN2C1c1ccccc1. The average Bonchev–Trinajstić information content (AvgIpc) is 3.41. The van der Waals surface area contributed by atoms with E-state index in [-0.39, 0.29) is 36.9 Å². The molecule has 2 unspecified atom stereocenters. The van der Waals surface area contributed by atoms with Crippen molar-refractivity contribution in [3.8, 4) is 0 Å². The van der Waals surface area contributed by atoms with E-state index in [1.54, 1.807) is 24.3 Å². The summed E-state index contributed by atoms with van der Waals surface area (Å²) in [6.07, 6.45) is 2.35. The summed E-state index contributed by atoms with van der Waals surface area (Å²) in [6, 6.07) is 17.3. The van der Waals surface area contributed by atoms with E-state index in [4.69, 9.17) is 0 Å². The van der Waals surface area contributed by atoms with Crippen LogP contribution in [0.3, 0.4) is 0 Å². The summed E-state index contributed by atoms with van der Waals surface area (Å²) in [4.78, 5) is 43.8. The van der Waals surface area contributed by atoms with Gasteiger partial charge in [0.2, 0.25) is 5.91 Å². The first-order valence-corrected chi connectivity index (χ1v) is 10.2. The number of carbonyl (C=O) groups is 3. The lowest BCUT2D eigenvalue weighted by Crippen LogP contribution is -2.38. The van der Waals surface area contributed by atoms with Crippen LogP contribution in [0.15, 0.2) is 54.6 Å². The summed E-state index contributed by atoms with van der Waals surface area (Å²) >= 11 is 0. The average molecular weight is 389 g/mol. The van der Waals surface area contributed by atoms with Crippen LogP contribution >= 0.6 is 0 Å². The van der Waals surface area contributed by atoms with Crippen molar-refractivity contribution in [3.63, 3.8) is 0 Å². The molecule has 2 aromatic rings. The lowest BCUT2D eigenvalue weighted by Gasteiger charge is -2.30. The van der Waals surface area contributed by atoms with Gasteiger partial charge in [0.15, 0.2) is 0 Å². The highest BCUT2D eigenvalue weighted by Gasteiger charge is 2.44. The van der Waals surface area contributed by atoms with Crippen molar-refractivity contribution in [2.45, 2.75) is 31.5 Å². The lowest BCUT2D eigenvalue weighted by atomic mass is 10.1. The van der Waals surface area contributed by atoms with Crippen molar-refractivity contribution in [2.24, 2.45) is 0 Å². The van der Waals surface area contributed by atoms with E-state index in [0.29, 0.717) is 23.7 Å². The van der Waals surface area contributed by atoms with Gasteiger partial charge >= 0.3 is 0 Å². The Hall–Kier alpha value is -2.99. The maximum absolute atomic E-state index is 13.2. The molecule has 2 fully saturated rings. The predicted octanol–water partition coefficient (Wildman–Crippen LogP) is 2.68. The van der Waals surface area contributed by atoms with Crippen LogP contribution in [-0.4, -0.2) is 58.1 Å². The topological polar surface area (TPSA) is 60.9 Å². The molecule has 0 radical (unpaired) electrons. The van der Waals surface area contributed by atoms with Crippen LogP contribution in [0.1, 0.15) is 51.7 Å². The van der Waals surface area contributed by atoms with Crippen molar-refractivity contribution in [3.05, 3.63) is 71.3 Å². The van der Waals surface area contributed by atoms with Gasteiger partial charge in [0.05, 0.1) is 11.1 Å². The van der Waals surface area contributed by atoms with Crippen LogP contribution in [0.5, 0.6) is 0 Å². The number of nitrogens with zero attached hydrogens (tertiary/aromatic N) is 3. The van der Waals surface area contributed by atoms with Gasteiger partial charge in [-0.15, -0.1) is 0 Å². The summed E-state index contributed by atoms with van der Waals surface area (Å²) in [5.41, 5.74) is 1.97. The second kappa shape index (κ2) is 7.12. The van der Waals surface area contributed by atoms with Crippen LogP contribution < -0.4 is 0 Å². The van der Waals surface area contributed by atoms with Crippen molar-refractivity contribution in [1.29, 1.82) is 0 Å². The molecule has 29 heavy (non-hydrogen) atoms. The maximum atomic E-state index is 13.2. The van der Waals surface area contributed by atoms with Crippen LogP contribution in [-0.2, 0) is 4.79 Å². The molecule has 0 bridgehead atoms. The summed E-state index contributed by atoms with van der Waals surface area (Å²) < 4.78 is 0. The quantitative estimate of drug-likeness (QED) is 0.755. The molecule has 148 valence electrons. The van der Waals surface area contributed by atoms with Gasteiger partial charge in [-0.2, -0.15) is 0 Å². The highest BCUT2D eigenvalue weighted by Crippen LogP contribution is 2.39. The Morgan fingerprint density at radius 1 is 0.931 bits per heavy atom. The van der Waals surface area contributed by atoms with Gasteiger partial charge in [-0.05, 0) is 30.5 Å². The molecule has 0 N–H and O–H groups in total. The minimum Gasteiger partial charge on any atom is -0.321 e. The van der Waals surface area contributed by atoms with Crippen molar-refractivity contribution < 1.29 is 14.4 Å². The molecule has 6 nitrogen and oxygen atoms in total. The fourth-order valence-corrected chi connectivity index (χ4v) is 4.91. The molecule has 3 aliphatic heterocycles. The molecular weight excluding hydrogens is 366 g/mol. The van der Waals surface area contributed by atoms with Crippen molar-refractivity contribution in [1.82, 2.24) is 14.7 Å². The normalized spacial score (nSPS) is 23.6. The maximum Gasteiger partial charge on any atom is 0.261 e. The number of hydrogen-bond acceptors (Lipinski definition) is 4. The minimum atomic E-state index is -0.306. The number of amides is 3. The molecule has 0 aromatic heterocycles. The predicted molar refractivity (Wildman–Crippen MR) is 107 cm³/mol. The van der Waals surface area contributed by atoms with Crippen LogP contribution in [0.2, 0.25) is 0 Å². The minimum absolute atomic E-state index is 0.00944. The van der Waals surface area contributed by atoms with Crippen molar-refractivity contribution in [2.75, 3.05) is 19.6 Å². The van der Waals surface area contributed by atoms with Gasteiger partial charge in [0.1, 0.15) is 6.17 Å². The van der Waals surface area contributed by atoms with E-state index in [1.807, 2.05) is 23.1 Å².